The van der Waals surface area contributed by atoms with Crippen molar-refractivity contribution in [2.75, 3.05) is 7.11 Å². The van der Waals surface area contributed by atoms with E-state index in [1.807, 2.05) is 24.3 Å². The van der Waals surface area contributed by atoms with Crippen molar-refractivity contribution in [3.8, 4) is 38.4 Å². The van der Waals surface area contributed by atoms with Gasteiger partial charge in [0.25, 0.3) is 0 Å². The van der Waals surface area contributed by atoms with Crippen LogP contribution in [-0.2, 0) is 0 Å². The summed E-state index contributed by atoms with van der Waals surface area (Å²) in [5.41, 5.74) is 1.46. The number of para-hydroxylation sites is 1. The van der Waals surface area contributed by atoms with Gasteiger partial charge in [-0.3, -0.25) is 0 Å². The maximum absolute atomic E-state index is 10.0. The highest BCUT2D eigenvalue weighted by atomic mass is 32.1. The van der Waals surface area contributed by atoms with E-state index in [0.717, 1.165) is 11.3 Å². The second-order valence-electron chi connectivity index (χ2n) is 4.42. The smallest absolute Gasteiger partial charge is 0.230 e. The van der Waals surface area contributed by atoms with Gasteiger partial charge >= 0.3 is 0 Å². The lowest BCUT2D eigenvalue weighted by molar-refractivity contribution is 0.415. The summed E-state index contributed by atoms with van der Waals surface area (Å²) in [7, 11) is 1.61. The average molecular weight is 299 g/mol. The van der Waals surface area contributed by atoms with Gasteiger partial charge in [-0.1, -0.05) is 12.1 Å². The summed E-state index contributed by atoms with van der Waals surface area (Å²) >= 11 is 1.33. The van der Waals surface area contributed by atoms with Crippen molar-refractivity contribution in [2.24, 2.45) is 0 Å². The maximum atomic E-state index is 10.0. The first-order valence-corrected chi connectivity index (χ1v) is 7.13. The zero-order valence-corrected chi connectivity index (χ0v) is 12.1. The molecule has 3 aromatic rings. The molecule has 0 aliphatic heterocycles. The summed E-state index contributed by atoms with van der Waals surface area (Å²) in [5, 5.41) is 20.6. The van der Waals surface area contributed by atoms with Gasteiger partial charge in [0.15, 0.2) is 0 Å². The summed E-state index contributed by atoms with van der Waals surface area (Å²) in [6, 6.07) is 14.3. The van der Waals surface area contributed by atoms with Gasteiger partial charge < -0.3 is 14.9 Å². The number of aromatic hydroxyl groups is 2. The third kappa shape index (κ3) is 2.55. The van der Waals surface area contributed by atoms with Crippen LogP contribution in [0, 0.1) is 0 Å². The predicted octanol–water partition coefficient (Wildman–Crippen LogP) is 3.90. The van der Waals surface area contributed by atoms with Crippen LogP contribution >= 0.6 is 11.3 Å². The highest BCUT2D eigenvalue weighted by molar-refractivity contribution is 7.18. The van der Waals surface area contributed by atoms with Crippen LogP contribution in [0.4, 0.5) is 0 Å². The van der Waals surface area contributed by atoms with Crippen LogP contribution in [0.3, 0.4) is 0 Å². The Morgan fingerprint density at radius 3 is 2.38 bits per heavy atom. The van der Waals surface area contributed by atoms with Crippen molar-refractivity contribution < 1.29 is 14.9 Å². The molecule has 2 aromatic carbocycles. The van der Waals surface area contributed by atoms with Crippen LogP contribution in [0.25, 0.3) is 21.0 Å². The molecule has 0 amide bonds. The Hall–Kier alpha value is -2.53. The lowest BCUT2D eigenvalue weighted by atomic mass is 10.2. The van der Waals surface area contributed by atoms with Gasteiger partial charge in [-0.15, -0.1) is 11.3 Å². The molecule has 0 spiro atoms. The second kappa shape index (κ2) is 5.46. The molecular weight excluding hydrogens is 286 g/mol. The SMILES string of the molecule is COc1ccc(-c2nc(O)c(-c3ccccc3O)s2)cc1. The summed E-state index contributed by atoms with van der Waals surface area (Å²) in [6.45, 7) is 0. The minimum absolute atomic E-state index is 0.0766. The summed E-state index contributed by atoms with van der Waals surface area (Å²) in [5.74, 6) is 0.811. The van der Waals surface area contributed by atoms with Gasteiger partial charge in [0, 0.05) is 11.1 Å². The van der Waals surface area contributed by atoms with Crippen LogP contribution in [0.15, 0.2) is 48.5 Å². The number of ether oxygens (including phenoxy) is 1. The molecule has 0 saturated heterocycles. The molecule has 0 aliphatic rings. The highest BCUT2D eigenvalue weighted by Crippen LogP contribution is 2.42. The number of nitrogens with zero attached hydrogens (tertiary/aromatic N) is 1. The molecule has 3 rings (SSSR count). The molecular formula is C16H13NO3S. The first-order chi connectivity index (χ1) is 10.2. The van der Waals surface area contributed by atoms with Crippen molar-refractivity contribution in [3.63, 3.8) is 0 Å². The number of aromatic nitrogens is 1. The van der Waals surface area contributed by atoms with E-state index in [2.05, 4.69) is 4.98 Å². The minimum atomic E-state index is -0.0766. The highest BCUT2D eigenvalue weighted by Gasteiger charge is 2.16. The topological polar surface area (TPSA) is 62.6 Å². The molecule has 0 aliphatic carbocycles. The van der Waals surface area contributed by atoms with Crippen molar-refractivity contribution in [1.29, 1.82) is 0 Å². The van der Waals surface area contributed by atoms with E-state index < -0.39 is 0 Å². The van der Waals surface area contributed by atoms with Crippen molar-refractivity contribution >= 4 is 11.3 Å². The van der Waals surface area contributed by atoms with Crippen LogP contribution in [0.1, 0.15) is 0 Å². The van der Waals surface area contributed by atoms with Gasteiger partial charge in [-0.05, 0) is 36.4 Å². The monoisotopic (exact) mass is 299 g/mol. The largest absolute Gasteiger partial charge is 0.507 e. The van der Waals surface area contributed by atoms with Gasteiger partial charge in [-0.2, -0.15) is 0 Å². The second-order valence-corrected chi connectivity index (χ2v) is 5.42. The Kier molecular flexibility index (Phi) is 3.50. The third-order valence-corrected chi connectivity index (χ3v) is 4.22. The number of phenolic OH excluding ortho intramolecular Hbond substituents is 1. The van der Waals surface area contributed by atoms with Crippen molar-refractivity contribution in [1.82, 2.24) is 4.98 Å². The van der Waals surface area contributed by atoms with Crippen LogP contribution in [0.2, 0.25) is 0 Å². The fourth-order valence-electron chi connectivity index (χ4n) is 2.01. The lowest BCUT2D eigenvalue weighted by Crippen LogP contribution is -1.81. The molecule has 1 aromatic heterocycles. The molecule has 0 atom stereocenters. The minimum Gasteiger partial charge on any atom is -0.507 e. The number of benzene rings is 2. The number of phenols is 1. The molecule has 0 fully saturated rings. The molecule has 5 heteroatoms. The van der Waals surface area contributed by atoms with E-state index in [1.165, 1.54) is 11.3 Å². The van der Waals surface area contributed by atoms with Crippen LogP contribution in [0.5, 0.6) is 17.4 Å². The van der Waals surface area contributed by atoms with Crippen LogP contribution in [-0.4, -0.2) is 22.3 Å². The first kappa shape index (κ1) is 13.5. The Balaban J connectivity index is 2.03. The number of thiazole rings is 1. The quantitative estimate of drug-likeness (QED) is 0.770. The van der Waals surface area contributed by atoms with E-state index >= 15 is 0 Å². The third-order valence-electron chi connectivity index (χ3n) is 3.09. The molecule has 1 heterocycles. The normalized spacial score (nSPS) is 10.5. The predicted molar refractivity (Wildman–Crippen MR) is 82.9 cm³/mol. The van der Waals surface area contributed by atoms with Crippen molar-refractivity contribution in [2.45, 2.75) is 0 Å². The molecule has 2 N–H and O–H groups in total. The molecule has 0 saturated carbocycles. The van der Waals surface area contributed by atoms with E-state index in [0.29, 0.717) is 15.4 Å². The van der Waals surface area contributed by atoms with E-state index in [-0.39, 0.29) is 11.6 Å². The Morgan fingerprint density at radius 2 is 1.71 bits per heavy atom. The summed E-state index contributed by atoms with van der Waals surface area (Å²) < 4.78 is 5.12. The molecule has 4 nitrogen and oxygen atoms in total. The molecule has 106 valence electrons. The molecule has 21 heavy (non-hydrogen) atoms. The summed E-state index contributed by atoms with van der Waals surface area (Å²) in [4.78, 5) is 4.73. The van der Waals surface area contributed by atoms with Crippen molar-refractivity contribution in [3.05, 3.63) is 48.5 Å². The molecule has 0 unspecified atom stereocenters. The number of hydrogen-bond acceptors (Lipinski definition) is 5. The summed E-state index contributed by atoms with van der Waals surface area (Å²) in [6.07, 6.45) is 0. The molecule has 0 bridgehead atoms. The maximum Gasteiger partial charge on any atom is 0.230 e. The van der Waals surface area contributed by atoms with Gasteiger partial charge in [0.05, 0.1) is 7.11 Å². The number of rotatable bonds is 3. The zero-order valence-electron chi connectivity index (χ0n) is 11.3. The number of hydrogen-bond donors (Lipinski definition) is 2. The van der Waals surface area contributed by atoms with Gasteiger partial charge in [-0.25, -0.2) is 4.98 Å². The van der Waals surface area contributed by atoms with Gasteiger partial charge in [0.2, 0.25) is 5.88 Å². The fraction of sp³-hybridized carbons (Fsp3) is 0.0625. The zero-order chi connectivity index (χ0) is 14.8. The number of methoxy groups -OCH3 is 1. The van der Waals surface area contributed by atoms with Gasteiger partial charge in [0.1, 0.15) is 21.4 Å². The first-order valence-electron chi connectivity index (χ1n) is 6.31. The van der Waals surface area contributed by atoms with E-state index in [9.17, 15) is 10.2 Å². The standard InChI is InChI=1S/C16H13NO3S/c1-20-11-8-6-10(7-9-11)16-17-15(19)14(21-16)12-4-2-3-5-13(12)18/h2-9,18-19H,1H3. The van der Waals surface area contributed by atoms with E-state index in [4.69, 9.17) is 4.74 Å². The Labute approximate surface area is 125 Å². The Bertz CT molecular complexity index is 765. The van der Waals surface area contributed by atoms with Crippen LogP contribution < -0.4 is 4.74 Å². The van der Waals surface area contributed by atoms with E-state index in [1.54, 1.807) is 31.4 Å². The lowest BCUT2D eigenvalue weighted by Gasteiger charge is -2.01. The average Bonchev–Trinajstić information content (AvgIpc) is 2.90. The fourth-order valence-corrected chi connectivity index (χ4v) is 3.01. The Morgan fingerprint density at radius 1 is 1.00 bits per heavy atom. The molecule has 0 radical (unpaired) electrons.